The largest absolute Gasteiger partial charge is 0.480 e. The van der Waals surface area contributed by atoms with Gasteiger partial charge in [-0.1, -0.05) is 158 Å². The van der Waals surface area contributed by atoms with Crippen molar-refractivity contribution >= 4 is 23.8 Å². The molecule has 4 N–H and O–H groups in total. The molecule has 2 atom stereocenters. The van der Waals surface area contributed by atoms with Gasteiger partial charge in [0.25, 0.3) is 0 Å². The molecular formula is C49H84N2O7. The number of esters is 1. The predicted molar refractivity (Wildman–Crippen MR) is 240 cm³/mol. The van der Waals surface area contributed by atoms with Gasteiger partial charge < -0.3 is 25.6 Å². The lowest BCUT2D eigenvalue weighted by molar-refractivity contribution is -0.150. The average molecular weight is 813 g/mol. The van der Waals surface area contributed by atoms with Gasteiger partial charge in [-0.15, -0.1) is 0 Å². The number of hydrogen-bond acceptors (Lipinski definition) is 6. The van der Waals surface area contributed by atoms with Crippen molar-refractivity contribution in [1.29, 1.82) is 0 Å². The number of amides is 2. The maximum atomic E-state index is 12.8. The fourth-order valence-corrected chi connectivity index (χ4v) is 6.47. The number of nitrogens with one attached hydrogen (secondary N) is 2. The van der Waals surface area contributed by atoms with E-state index in [4.69, 9.17) is 14.9 Å². The van der Waals surface area contributed by atoms with Crippen LogP contribution in [0, 0.1) is 0 Å². The zero-order chi connectivity index (χ0) is 42.6. The van der Waals surface area contributed by atoms with Gasteiger partial charge in [-0.05, 0) is 89.9 Å². The first-order valence-electron chi connectivity index (χ1n) is 23.2. The summed E-state index contributed by atoms with van der Waals surface area (Å²) < 4.78 is 6.00. The summed E-state index contributed by atoms with van der Waals surface area (Å²) in [5.41, 5.74) is 0. The second kappa shape index (κ2) is 43.1. The molecule has 0 aromatic carbocycles. The molecule has 9 nitrogen and oxygen atoms in total. The Kier molecular flexibility index (Phi) is 40.6. The molecule has 0 aromatic rings. The van der Waals surface area contributed by atoms with Crippen molar-refractivity contribution in [1.82, 2.24) is 10.6 Å². The summed E-state index contributed by atoms with van der Waals surface area (Å²) in [4.78, 5) is 47.6. The molecule has 0 bridgehead atoms. The van der Waals surface area contributed by atoms with Gasteiger partial charge in [-0.2, -0.15) is 0 Å². The molecule has 0 rings (SSSR count). The highest BCUT2D eigenvalue weighted by Crippen LogP contribution is 2.17. The van der Waals surface area contributed by atoms with Gasteiger partial charge in [0.1, 0.15) is 12.1 Å². The minimum Gasteiger partial charge on any atom is -0.480 e. The molecule has 0 aliphatic heterocycles. The Morgan fingerprint density at radius 2 is 1.02 bits per heavy atom. The molecule has 0 spiro atoms. The smallest absolute Gasteiger partial charge is 0.328 e. The molecule has 332 valence electrons. The third-order valence-electron chi connectivity index (χ3n) is 10.0. The molecule has 0 fully saturated rings. The van der Waals surface area contributed by atoms with Crippen LogP contribution in [0.15, 0.2) is 60.8 Å². The molecule has 0 radical (unpaired) electrons. The van der Waals surface area contributed by atoms with Crippen LogP contribution in [0.5, 0.6) is 0 Å². The lowest BCUT2D eigenvalue weighted by atomic mass is 10.0. The van der Waals surface area contributed by atoms with Gasteiger partial charge in [-0.3, -0.25) is 14.4 Å². The summed E-state index contributed by atoms with van der Waals surface area (Å²) in [5.74, 6) is -2.36. The van der Waals surface area contributed by atoms with E-state index < -0.39 is 24.5 Å². The standard InChI is InChI=1S/C49H84N2O7/c1-3-5-7-9-11-13-15-17-18-19-20-22-24-26-28-33-37-41-48(55)58-44(38-34-30-27-25-23-21-16-14-12-10-8-6-4-2)39-35-31-29-32-36-40-46(53)50-42-47(54)51-45(43-52)49(56)57/h6,8,12,14,17-18,21,23,27,30,44-45,52H,3-5,7,9-11,13,15-16,19-20,22,24-26,28-29,31-43H2,1-2H3,(H,50,53)(H,51,54)(H,56,57)/b8-6-,14-12-,18-17-,23-21-,30-27-. The number of carboxylic acids is 1. The average Bonchev–Trinajstić information content (AvgIpc) is 3.21. The van der Waals surface area contributed by atoms with E-state index in [2.05, 4.69) is 85.2 Å². The Morgan fingerprint density at radius 1 is 0.534 bits per heavy atom. The molecule has 0 saturated heterocycles. The summed E-state index contributed by atoms with van der Waals surface area (Å²) in [7, 11) is 0. The number of carboxylic acid groups (broad SMARTS) is 1. The van der Waals surface area contributed by atoms with Gasteiger partial charge in [-0.25, -0.2) is 4.79 Å². The van der Waals surface area contributed by atoms with Crippen molar-refractivity contribution in [3.63, 3.8) is 0 Å². The summed E-state index contributed by atoms with van der Waals surface area (Å²) in [6, 6.07) is -1.39. The van der Waals surface area contributed by atoms with Gasteiger partial charge in [0.2, 0.25) is 11.8 Å². The van der Waals surface area contributed by atoms with E-state index in [-0.39, 0.29) is 30.9 Å². The first-order chi connectivity index (χ1) is 28.3. The van der Waals surface area contributed by atoms with E-state index >= 15 is 0 Å². The number of carbonyl (C=O) groups is 4. The maximum absolute atomic E-state index is 12.8. The second-order valence-corrected chi connectivity index (χ2v) is 15.5. The fourth-order valence-electron chi connectivity index (χ4n) is 6.47. The van der Waals surface area contributed by atoms with Crippen LogP contribution in [0.4, 0.5) is 0 Å². The van der Waals surface area contributed by atoms with Crippen LogP contribution in [0.3, 0.4) is 0 Å². The molecule has 0 saturated carbocycles. The normalized spacial score (nSPS) is 13.0. The van der Waals surface area contributed by atoms with Crippen molar-refractivity contribution in [3.8, 4) is 0 Å². The van der Waals surface area contributed by atoms with E-state index in [1.165, 1.54) is 83.5 Å². The van der Waals surface area contributed by atoms with Crippen LogP contribution < -0.4 is 10.6 Å². The number of carbonyl (C=O) groups excluding carboxylic acids is 3. The summed E-state index contributed by atoms with van der Waals surface area (Å²) in [6.07, 6.45) is 52.5. The Balaban J connectivity index is 4.40. The molecule has 2 unspecified atom stereocenters. The fraction of sp³-hybridized carbons (Fsp3) is 0.714. The number of allylic oxidation sites excluding steroid dienone is 10. The van der Waals surface area contributed by atoms with E-state index in [9.17, 15) is 19.2 Å². The monoisotopic (exact) mass is 813 g/mol. The molecule has 0 heterocycles. The molecular weight excluding hydrogens is 729 g/mol. The van der Waals surface area contributed by atoms with Crippen molar-refractivity contribution in [3.05, 3.63) is 60.8 Å². The van der Waals surface area contributed by atoms with E-state index in [1.54, 1.807) is 0 Å². The zero-order valence-electron chi connectivity index (χ0n) is 36.8. The van der Waals surface area contributed by atoms with Gasteiger partial charge in [0, 0.05) is 12.8 Å². The molecule has 9 heteroatoms. The third-order valence-corrected chi connectivity index (χ3v) is 10.0. The molecule has 0 aromatic heterocycles. The van der Waals surface area contributed by atoms with Crippen LogP contribution in [0.25, 0.3) is 0 Å². The lowest BCUT2D eigenvalue weighted by Crippen LogP contribution is -2.47. The summed E-state index contributed by atoms with van der Waals surface area (Å²) in [5, 5.41) is 22.6. The van der Waals surface area contributed by atoms with Crippen LogP contribution in [0.1, 0.15) is 200 Å². The predicted octanol–water partition coefficient (Wildman–Crippen LogP) is 11.7. The summed E-state index contributed by atoms with van der Waals surface area (Å²) >= 11 is 0. The highest BCUT2D eigenvalue weighted by Gasteiger charge is 2.19. The number of unbranched alkanes of at least 4 members (excludes halogenated alkanes) is 17. The third kappa shape index (κ3) is 39.4. The van der Waals surface area contributed by atoms with Crippen molar-refractivity contribution in [2.45, 2.75) is 212 Å². The first-order valence-corrected chi connectivity index (χ1v) is 23.2. The topological polar surface area (TPSA) is 142 Å². The summed E-state index contributed by atoms with van der Waals surface area (Å²) in [6.45, 7) is 3.35. The van der Waals surface area contributed by atoms with Gasteiger partial charge >= 0.3 is 11.9 Å². The highest BCUT2D eigenvalue weighted by molar-refractivity contribution is 5.87. The number of rotatable bonds is 41. The van der Waals surface area contributed by atoms with Crippen LogP contribution in [-0.4, -0.2) is 59.3 Å². The molecule has 0 aliphatic rings. The first kappa shape index (κ1) is 54.5. The van der Waals surface area contributed by atoms with Crippen LogP contribution in [-0.2, 0) is 23.9 Å². The zero-order valence-corrected chi connectivity index (χ0v) is 36.8. The Labute approximate surface area is 353 Å². The van der Waals surface area contributed by atoms with Crippen LogP contribution >= 0.6 is 0 Å². The number of aliphatic hydroxyl groups excluding tert-OH is 1. The molecule has 0 aliphatic carbocycles. The molecule has 58 heavy (non-hydrogen) atoms. The van der Waals surface area contributed by atoms with Crippen molar-refractivity contribution in [2.24, 2.45) is 0 Å². The SMILES string of the molecule is CC/C=C\C/C=C\C/C=C\C/C=C\CCC(CCCCCCCC(=O)NCC(=O)NC(CO)C(=O)O)OC(=O)CCCCCCCCC/C=C\CCCCCCCC. The Morgan fingerprint density at radius 3 is 1.57 bits per heavy atom. The quantitative estimate of drug-likeness (QED) is 0.0273. The maximum Gasteiger partial charge on any atom is 0.328 e. The van der Waals surface area contributed by atoms with E-state index in [0.717, 1.165) is 83.5 Å². The molecule has 2 amide bonds. The Bertz CT molecular complexity index is 1160. The van der Waals surface area contributed by atoms with Gasteiger partial charge in [0.05, 0.1) is 13.2 Å². The van der Waals surface area contributed by atoms with Crippen molar-refractivity contribution in [2.75, 3.05) is 13.2 Å². The number of aliphatic hydroxyl groups is 1. The minimum atomic E-state index is -1.39. The van der Waals surface area contributed by atoms with E-state index in [1.807, 2.05) is 0 Å². The van der Waals surface area contributed by atoms with Crippen molar-refractivity contribution < 1.29 is 34.1 Å². The van der Waals surface area contributed by atoms with Gasteiger partial charge in [0.15, 0.2) is 0 Å². The number of hydrogen-bond donors (Lipinski definition) is 4. The van der Waals surface area contributed by atoms with Crippen LogP contribution in [0.2, 0.25) is 0 Å². The highest BCUT2D eigenvalue weighted by atomic mass is 16.5. The Hall–Kier alpha value is -3.46. The lowest BCUT2D eigenvalue weighted by Gasteiger charge is -2.17. The number of ether oxygens (including phenoxy) is 1. The minimum absolute atomic E-state index is 0.0857. The second-order valence-electron chi connectivity index (χ2n) is 15.5. The number of aliphatic carboxylic acids is 1. The van der Waals surface area contributed by atoms with E-state index in [0.29, 0.717) is 12.8 Å².